The standard InChI is InChI=1S/C18H27N3O3/c1-21(2)17(22)12-24-15-7-3-5-13(9-15)11-20-18(23)16-8-4-6-14(16)10-19/h3,5,7,9,14,16H,4,6,8,10-12,19H2,1-2H3,(H,20,23)/t14-,16-/m1/s1. The molecule has 3 N–H and O–H groups in total. The van der Waals surface area contributed by atoms with Gasteiger partial charge in [-0.25, -0.2) is 0 Å². The van der Waals surface area contributed by atoms with Crippen molar-refractivity contribution in [2.75, 3.05) is 27.2 Å². The van der Waals surface area contributed by atoms with Crippen molar-refractivity contribution in [3.8, 4) is 5.75 Å². The number of nitrogens with one attached hydrogen (secondary N) is 1. The number of likely N-dealkylation sites (N-methyl/N-ethyl adjacent to an activating group) is 1. The minimum Gasteiger partial charge on any atom is -0.484 e. The minimum absolute atomic E-state index is 0.00304. The lowest BCUT2D eigenvalue weighted by molar-refractivity contribution is -0.130. The van der Waals surface area contributed by atoms with E-state index in [1.165, 1.54) is 4.90 Å². The Hall–Kier alpha value is -2.08. The van der Waals surface area contributed by atoms with Crippen molar-refractivity contribution in [3.05, 3.63) is 29.8 Å². The number of nitrogens with two attached hydrogens (primary N) is 1. The number of amides is 2. The molecule has 6 nitrogen and oxygen atoms in total. The van der Waals surface area contributed by atoms with Gasteiger partial charge in [0.2, 0.25) is 5.91 Å². The summed E-state index contributed by atoms with van der Waals surface area (Å²) >= 11 is 0. The first-order chi connectivity index (χ1) is 11.5. The first-order valence-corrected chi connectivity index (χ1v) is 8.41. The first kappa shape index (κ1) is 18.3. The number of nitrogens with zero attached hydrogens (tertiary/aromatic N) is 1. The summed E-state index contributed by atoms with van der Waals surface area (Å²) < 4.78 is 5.49. The Morgan fingerprint density at radius 2 is 2.12 bits per heavy atom. The van der Waals surface area contributed by atoms with Gasteiger partial charge in [0.25, 0.3) is 5.91 Å². The van der Waals surface area contributed by atoms with Gasteiger partial charge < -0.3 is 20.7 Å². The summed E-state index contributed by atoms with van der Waals surface area (Å²) in [6.07, 6.45) is 3.03. The molecular weight excluding hydrogens is 306 g/mol. The average Bonchev–Trinajstić information content (AvgIpc) is 3.06. The molecule has 0 bridgehead atoms. The molecule has 1 aliphatic rings. The highest BCUT2D eigenvalue weighted by Gasteiger charge is 2.31. The molecule has 2 atom stereocenters. The highest BCUT2D eigenvalue weighted by atomic mass is 16.5. The van der Waals surface area contributed by atoms with E-state index in [1.54, 1.807) is 20.2 Å². The molecule has 132 valence electrons. The summed E-state index contributed by atoms with van der Waals surface area (Å²) in [5.41, 5.74) is 6.69. The van der Waals surface area contributed by atoms with Crippen molar-refractivity contribution in [3.63, 3.8) is 0 Å². The number of hydrogen-bond acceptors (Lipinski definition) is 4. The summed E-state index contributed by atoms with van der Waals surface area (Å²) in [4.78, 5) is 25.4. The van der Waals surface area contributed by atoms with Gasteiger partial charge >= 0.3 is 0 Å². The fourth-order valence-corrected chi connectivity index (χ4v) is 3.00. The SMILES string of the molecule is CN(C)C(=O)COc1cccc(CNC(=O)[C@@H]2CCC[C@@H]2CN)c1. The van der Waals surface area contributed by atoms with Crippen LogP contribution in [0.5, 0.6) is 5.75 Å². The zero-order chi connectivity index (χ0) is 17.5. The maximum atomic E-state index is 12.3. The second-order valence-corrected chi connectivity index (χ2v) is 6.48. The monoisotopic (exact) mass is 333 g/mol. The Morgan fingerprint density at radius 1 is 1.33 bits per heavy atom. The molecule has 0 saturated heterocycles. The predicted octanol–water partition coefficient (Wildman–Crippen LogP) is 1.14. The van der Waals surface area contributed by atoms with Crippen molar-refractivity contribution >= 4 is 11.8 Å². The normalized spacial score (nSPS) is 19.8. The van der Waals surface area contributed by atoms with E-state index in [1.807, 2.05) is 18.2 Å². The van der Waals surface area contributed by atoms with Crippen molar-refractivity contribution in [2.45, 2.75) is 25.8 Å². The lowest BCUT2D eigenvalue weighted by atomic mass is 9.95. The molecule has 0 unspecified atom stereocenters. The average molecular weight is 333 g/mol. The van der Waals surface area contributed by atoms with E-state index in [0.717, 1.165) is 24.8 Å². The zero-order valence-corrected chi connectivity index (χ0v) is 14.5. The molecule has 0 aromatic heterocycles. The maximum Gasteiger partial charge on any atom is 0.259 e. The number of rotatable bonds is 7. The number of carbonyl (C=O) groups excluding carboxylic acids is 2. The lowest BCUT2D eigenvalue weighted by Crippen LogP contribution is -2.34. The van der Waals surface area contributed by atoms with E-state index in [2.05, 4.69) is 5.32 Å². The molecule has 1 saturated carbocycles. The molecule has 0 spiro atoms. The van der Waals surface area contributed by atoms with E-state index in [-0.39, 0.29) is 24.3 Å². The van der Waals surface area contributed by atoms with Gasteiger partial charge in [-0.2, -0.15) is 0 Å². The van der Waals surface area contributed by atoms with E-state index in [4.69, 9.17) is 10.5 Å². The Morgan fingerprint density at radius 3 is 2.83 bits per heavy atom. The van der Waals surface area contributed by atoms with Crippen molar-refractivity contribution in [2.24, 2.45) is 17.6 Å². The second kappa shape index (κ2) is 8.68. The van der Waals surface area contributed by atoms with Gasteiger partial charge in [-0.05, 0) is 43.0 Å². The number of ether oxygens (including phenoxy) is 1. The summed E-state index contributed by atoms with van der Waals surface area (Å²) in [7, 11) is 3.38. The summed E-state index contributed by atoms with van der Waals surface area (Å²) in [6, 6.07) is 7.43. The number of carbonyl (C=O) groups is 2. The lowest BCUT2D eigenvalue weighted by Gasteiger charge is -2.17. The molecule has 0 heterocycles. The number of hydrogen-bond donors (Lipinski definition) is 2. The minimum atomic E-state index is -0.0947. The van der Waals surface area contributed by atoms with Gasteiger partial charge in [-0.1, -0.05) is 18.6 Å². The Bertz CT molecular complexity index is 574. The quantitative estimate of drug-likeness (QED) is 0.784. The first-order valence-electron chi connectivity index (χ1n) is 8.41. The summed E-state index contributed by atoms with van der Waals surface area (Å²) in [5.74, 6) is 0.946. The molecule has 24 heavy (non-hydrogen) atoms. The molecule has 1 aromatic rings. The van der Waals surface area contributed by atoms with Crippen LogP contribution in [-0.2, 0) is 16.1 Å². The van der Waals surface area contributed by atoms with Crippen LogP contribution in [0.25, 0.3) is 0 Å². The van der Waals surface area contributed by atoms with Crippen LogP contribution in [0.3, 0.4) is 0 Å². The molecule has 0 aliphatic heterocycles. The largest absolute Gasteiger partial charge is 0.484 e. The molecule has 2 rings (SSSR count). The Labute approximate surface area is 143 Å². The van der Waals surface area contributed by atoms with Gasteiger partial charge in [0.05, 0.1) is 0 Å². The van der Waals surface area contributed by atoms with E-state index in [0.29, 0.717) is 24.8 Å². The molecule has 1 aromatic carbocycles. The molecular formula is C18H27N3O3. The fraction of sp³-hybridized carbons (Fsp3) is 0.556. The number of benzene rings is 1. The Balaban J connectivity index is 1.85. The highest BCUT2D eigenvalue weighted by molar-refractivity contribution is 5.79. The van der Waals surface area contributed by atoms with Gasteiger partial charge in [0.1, 0.15) is 5.75 Å². The highest BCUT2D eigenvalue weighted by Crippen LogP contribution is 2.31. The predicted molar refractivity (Wildman–Crippen MR) is 92.4 cm³/mol. The third kappa shape index (κ3) is 4.96. The maximum absolute atomic E-state index is 12.3. The van der Waals surface area contributed by atoms with Crippen LogP contribution in [0.2, 0.25) is 0 Å². The Kier molecular flexibility index (Phi) is 6.61. The molecule has 0 radical (unpaired) electrons. The van der Waals surface area contributed by atoms with E-state index >= 15 is 0 Å². The topological polar surface area (TPSA) is 84.7 Å². The zero-order valence-electron chi connectivity index (χ0n) is 14.5. The molecule has 2 amide bonds. The smallest absolute Gasteiger partial charge is 0.259 e. The van der Waals surface area contributed by atoms with Crippen LogP contribution in [0.4, 0.5) is 0 Å². The van der Waals surface area contributed by atoms with Crippen LogP contribution in [0.15, 0.2) is 24.3 Å². The van der Waals surface area contributed by atoms with Crippen LogP contribution in [0, 0.1) is 11.8 Å². The molecule has 6 heteroatoms. The third-order valence-corrected chi connectivity index (χ3v) is 4.52. The van der Waals surface area contributed by atoms with Gasteiger partial charge in [-0.3, -0.25) is 9.59 Å². The van der Waals surface area contributed by atoms with Gasteiger partial charge in [-0.15, -0.1) is 0 Å². The van der Waals surface area contributed by atoms with Crippen LogP contribution in [0.1, 0.15) is 24.8 Å². The van der Waals surface area contributed by atoms with Crippen LogP contribution in [-0.4, -0.2) is 44.0 Å². The fourth-order valence-electron chi connectivity index (χ4n) is 3.00. The van der Waals surface area contributed by atoms with Crippen molar-refractivity contribution in [1.29, 1.82) is 0 Å². The van der Waals surface area contributed by atoms with Crippen LogP contribution < -0.4 is 15.8 Å². The van der Waals surface area contributed by atoms with Gasteiger partial charge in [0.15, 0.2) is 6.61 Å². The van der Waals surface area contributed by atoms with E-state index in [9.17, 15) is 9.59 Å². The molecule has 1 aliphatic carbocycles. The van der Waals surface area contributed by atoms with Crippen LogP contribution >= 0.6 is 0 Å². The van der Waals surface area contributed by atoms with Crippen molar-refractivity contribution < 1.29 is 14.3 Å². The second-order valence-electron chi connectivity index (χ2n) is 6.48. The molecule has 1 fully saturated rings. The summed E-state index contributed by atoms with van der Waals surface area (Å²) in [5, 5.41) is 2.99. The van der Waals surface area contributed by atoms with Crippen molar-refractivity contribution in [1.82, 2.24) is 10.2 Å². The third-order valence-electron chi connectivity index (χ3n) is 4.52. The van der Waals surface area contributed by atoms with Gasteiger partial charge in [0, 0.05) is 26.6 Å². The van der Waals surface area contributed by atoms with E-state index < -0.39 is 0 Å². The summed E-state index contributed by atoms with van der Waals surface area (Å²) in [6.45, 7) is 1.02.